The van der Waals surface area contributed by atoms with Gasteiger partial charge in [-0.3, -0.25) is 0 Å². The van der Waals surface area contributed by atoms with E-state index in [2.05, 4.69) is 32.1 Å². The molecule has 0 amide bonds. The minimum Gasteiger partial charge on any atom is -0.396 e. The van der Waals surface area contributed by atoms with Crippen LogP contribution < -0.4 is 0 Å². The van der Waals surface area contributed by atoms with Gasteiger partial charge in [-0.1, -0.05) is 50.5 Å². The van der Waals surface area contributed by atoms with Crippen LogP contribution >= 0.6 is 0 Å². The number of aliphatic hydroxyl groups excluding tert-OH is 1. The minimum atomic E-state index is 0.327. The van der Waals surface area contributed by atoms with Gasteiger partial charge >= 0.3 is 0 Å². The van der Waals surface area contributed by atoms with Crippen LogP contribution in [0.25, 0.3) is 0 Å². The van der Waals surface area contributed by atoms with Crippen LogP contribution in [-0.4, -0.2) is 11.7 Å². The fraction of sp³-hybridized carbons (Fsp3) is 0.750. The lowest BCUT2D eigenvalue weighted by Gasteiger charge is -2.03. The van der Waals surface area contributed by atoms with Crippen LogP contribution in [0.5, 0.6) is 0 Å². The Morgan fingerprint density at radius 3 is 2.12 bits per heavy atom. The van der Waals surface area contributed by atoms with Crippen LogP contribution in [0.4, 0.5) is 0 Å². The number of unbranched alkanes of at least 4 members (excludes halogenated alkanes) is 3. The monoisotopic (exact) mass is 238 g/mol. The molecule has 0 radical (unpaired) electrons. The fourth-order valence-electron chi connectivity index (χ4n) is 1.96. The van der Waals surface area contributed by atoms with Gasteiger partial charge in [-0.05, 0) is 44.9 Å². The van der Waals surface area contributed by atoms with Gasteiger partial charge in [0.25, 0.3) is 0 Å². The third kappa shape index (κ3) is 11.7. The predicted molar refractivity (Wildman–Crippen MR) is 77.2 cm³/mol. The average molecular weight is 238 g/mol. The molecular weight excluding hydrogens is 208 g/mol. The van der Waals surface area contributed by atoms with E-state index in [9.17, 15) is 0 Å². The van der Waals surface area contributed by atoms with Gasteiger partial charge < -0.3 is 5.11 Å². The molecule has 0 spiro atoms. The van der Waals surface area contributed by atoms with Gasteiger partial charge in [0.05, 0.1) is 0 Å². The molecule has 0 atom stereocenters. The third-order valence-corrected chi connectivity index (χ3v) is 2.85. The Morgan fingerprint density at radius 2 is 1.53 bits per heavy atom. The van der Waals surface area contributed by atoms with Crippen molar-refractivity contribution >= 4 is 0 Å². The predicted octanol–water partition coefficient (Wildman–Crippen LogP) is 5.01. The van der Waals surface area contributed by atoms with Gasteiger partial charge in [0.1, 0.15) is 0 Å². The zero-order valence-electron chi connectivity index (χ0n) is 11.8. The molecule has 0 aromatic heterocycles. The molecular formula is C16H30O. The molecule has 0 saturated heterocycles. The van der Waals surface area contributed by atoms with E-state index in [1.165, 1.54) is 32.1 Å². The van der Waals surface area contributed by atoms with Crippen LogP contribution in [0.2, 0.25) is 0 Å². The topological polar surface area (TPSA) is 20.2 Å². The van der Waals surface area contributed by atoms with Crippen molar-refractivity contribution in [3.8, 4) is 0 Å². The highest BCUT2D eigenvalue weighted by Crippen LogP contribution is 2.13. The summed E-state index contributed by atoms with van der Waals surface area (Å²) in [5.74, 6) is 0. The van der Waals surface area contributed by atoms with Crippen molar-refractivity contribution in [3.05, 3.63) is 23.8 Å². The van der Waals surface area contributed by atoms with Crippen LogP contribution in [0.1, 0.15) is 71.6 Å². The highest BCUT2D eigenvalue weighted by Gasteiger charge is 1.93. The first-order chi connectivity index (χ1) is 8.35. The normalized spacial score (nSPS) is 11.0. The molecule has 1 nitrogen and oxygen atoms in total. The van der Waals surface area contributed by atoms with E-state index in [-0.39, 0.29) is 0 Å². The molecule has 1 heteroatoms. The zero-order valence-corrected chi connectivity index (χ0v) is 11.8. The van der Waals surface area contributed by atoms with Gasteiger partial charge in [-0.25, -0.2) is 0 Å². The Morgan fingerprint density at radius 1 is 0.882 bits per heavy atom. The summed E-state index contributed by atoms with van der Waals surface area (Å²) >= 11 is 0. The summed E-state index contributed by atoms with van der Waals surface area (Å²) in [4.78, 5) is 0. The summed E-state index contributed by atoms with van der Waals surface area (Å²) in [5, 5.41) is 8.64. The molecule has 0 fully saturated rings. The molecule has 0 heterocycles. The smallest absolute Gasteiger partial charge is 0.0431 e. The molecule has 0 aliphatic rings. The molecule has 0 aliphatic heterocycles. The average Bonchev–Trinajstić information content (AvgIpc) is 2.33. The minimum absolute atomic E-state index is 0.327. The maximum Gasteiger partial charge on any atom is 0.0431 e. The zero-order chi connectivity index (χ0) is 12.8. The summed E-state index contributed by atoms with van der Waals surface area (Å²) in [6, 6.07) is 0. The number of aliphatic hydroxyl groups is 1. The Balaban J connectivity index is 3.60. The van der Waals surface area contributed by atoms with E-state index in [0.29, 0.717) is 6.61 Å². The second-order valence-corrected chi connectivity index (χ2v) is 4.63. The second kappa shape index (κ2) is 13.5. The quantitative estimate of drug-likeness (QED) is 0.396. The summed E-state index contributed by atoms with van der Waals surface area (Å²) in [6.07, 6.45) is 17.6. The van der Waals surface area contributed by atoms with Crippen LogP contribution in [-0.2, 0) is 0 Å². The lowest BCUT2D eigenvalue weighted by Crippen LogP contribution is -1.83. The van der Waals surface area contributed by atoms with Crippen molar-refractivity contribution in [3.63, 3.8) is 0 Å². The Kier molecular flexibility index (Phi) is 13.1. The van der Waals surface area contributed by atoms with Gasteiger partial charge in [0.2, 0.25) is 0 Å². The largest absolute Gasteiger partial charge is 0.396 e. The molecule has 1 N–H and O–H groups in total. The van der Waals surface area contributed by atoms with Crippen LogP contribution in [0.15, 0.2) is 23.8 Å². The van der Waals surface area contributed by atoms with Crippen molar-refractivity contribution in [1.82, 2.24) is 0 Å². The van der Waals surface area contributed by atoms with Crippen LogP contribution in [0.3, 0.4) is 0 Å². The Bertz CT molecular complexity index is 196. The number of hydrogen-bond acceptors (Lipinski definition) is 1. The van der Waals surface area contributed by atoms with Crippen LogP contribution in [0, 0.1) is 0 Å². The first-order valence-corrected chi connectivity index (χ1v) is 7.28. The molecule has 0 saturated carbocycles. The summed E-state index contributed by atoms with van der Waals surface area (Å²) in [6.45, 7) is 4.84. The Labute approximate surface area is 108 Å². The SMILES string of the molecule is CCCC(=CCC/C=C/CCCCO)CCC. The maximum absolute atomic E-state index is 8.64. The van der Waals surface area contributed by atoms with Crippen molar-refractivity contribution in [2.24, 2.45) is 0 Å². The van der Waals surface area contributed by atoms with Gasteiger partial charge in [0, 0.05) is 6.61 Å². The van der Waals surface area contributed by atoms with E-state index >= 15 is 0 Å². The van der Waals surface area contributed by atoms with E-state index in [1.807, 2.05) is 0 Å². The molecule has 0 aromatic rings. The van der Waals surface area contributed by atoms with E-state index in [0.717, 1.165) is 25.7 Å². The molecule has 0 unspecified atom stereocenters. The summed E-state index contributed by atoms with van der Waals surface area (Å²) < 4.78 is 0. The van der Waals surface area contributed by atoms with Crippen molar-refractivity contribution < 1.29 is 5.11 Å². The summed E-state index contributed by atoms with van der Waals surface area (Å²) in [7, 11) is 0. The first-order valence-electron chi connectivity index (χ1n) is 7.28. The molecule has 0 aromatic carbocycles. The first kappa shape index (κ1) is 16.4. The second-order valence-electron chi connectivity index (χ2n) is 4.63. The van der Waals surface area contributed by atoms with Crippen molar-refractivity contribution in [1.29, 1.82) is 0 Å². The highest BCUT2D eigenvalue weighted by atomic mass is 16.2. The van der Waals surface area contributed by atoms with Gasteiger partial charge in [-0.15, -0.1) is 0 Å². The lowest BCUT2D eigenvalue weighted by molar-refractivity contribution is 0.285. The van der Waals surface area contributed by atoms with Gasteiger partial charge in [0.15, 0.2) is 0 Å². The Hall–Kier alpha value is -0.560. The molecule has 100 valence electrons. The summed E-state index contributed by atoms with van der Waals surface area (Å²) in [5.41, 5.74) is 1.64. The highest BCUT2D eigenvalue weighted by molar-refractivity contribution is 5.02. The molecule has 0 aliphatic carbocycles. The van der Waals surface area contributed by atoms with E-state index < -0.39 is 0 Å². The van der Waals surface area contributed by atoms with Gasteiger partial charge in [-0.2, -0.15) is 0 Å². The van der Waals surface area contributed by atoms with E-state index in [4.69, 9.17) is 5.11 Å². The van der Waals surface area contributed by atoms with Crippen molar-refractivity contribution in [2.45, 2.75) is 71.6 Å². The molecule has 17 heavy (non-hydrogen) atoms. The lowest BCUT2D eigenvalue weighted by atomic mass is 10.0. The standard InChI is InChI=1S/C16H30O/c1-3-12-16(13-4-2)14-10-8-6-5-7-9-11-15-17/h5-6,14,17H,3-4,7-13,15H2,1-2H3/b6-5+. The fourth-order valence-corrected chi connectivity index (χ4v) is 1.96. The number of hydrogen-bond donors (Lipinski definition) is 1. The van der Waals surface area contributed by atoms with E-state index in [1.54, 1.807) is 5.57 Å². The number of allylic oxidation sites excluding steroid dienone is 4. The molecule has 0 rings (SSSR count). The third-order valence-electron chi connectivity index (χ3n) is 2.85. The number of rotatable bonds is 11. The van der Waals surface area contributed by atoms with Crippen molar-refractivity contribution in [2.75, 3.05) is 6.61 Å². The molecule has 0 bridgehead atoms. The maximum atomic E-state index is 8.64.